The van der Waals surface area contributed by atoms with Crippen LogP contribution >= 0.6 is 23.2 Å². The highest BCUT2D eigenvalue weighted by atomic mass is 35.5. The van der Waals surface area contributed by atoms with E-state index in [1.807, 2.05) is 6.92 Å². The highest BCUT2D eigenvalue weighted by Crippen LogP contribution is 2.02. The third-order valence-electron chi connectivity index (χ3n) is 0.751. The minimum Gasteiger partial charge on any atom is -0.434 e. The minimum atomic E-state index is -0.724. The summed E-state index contributed by atoms with van der Waals surface area (Å²) < 4.78 is 9.04. The topological polar surface area (TPSA) is 35.5 Å². The van der Waals surface area contributed by atoms with Crippen molar-refractivity contribution < 1.29 is 14.3 Å². The van der Waals surface area contributed by atoms with E-state index in [0.29, 0.717) is 6.61 Å². The lowest BCUT2D eigenvalue weighted by molar-refractivity contribution is 0.0582. The van der Waals surface area contributed by atoms with Gasteiger partial charge in [0.05, 0.1) is 6.61 Å². The fraction of sp³-hybridized carbons (Fsp3) is 0.833. The lowest BCUT2D eigenvalue weighted by Crippen LogP contribution is -2.12. The second-order valence-electron chi connectivity index (χ2n) is 1.80. The number of hydrogen-bond acceptors (Lipinski definition) is 3. The van der Waals surface area contributed by atoms with Crippen LogP contribution in [0.2, 0.25) is 0 Å². The van der Waals surface area contributed by atoms with E-state index < -0.39 is 11.0 Å². The molecule has 0 aliphatic heterocycles. The summed E-state index contributed by atoms with van der Waals surface area (Å²) in [5.74, 6) is 0. The summed E-state index contributed by atoms with van der Waals surface area (Å²) in [4.78, 5) is 9.85. The van der Waals surface area contributed by atoms with Gasteiger partial charge < -0.3 is 9.47 Å². The van der Waals surface area contributed by atoms with Crippen molar-refractivity contribution >= 4 is 29.4 Å². The van der Waals surface area contributed by atoms with Crippen LogP contribution in [0.3, 0.4) is 0 Å². The van der Waals surface area contributed by atoms with Gasteiger partial charge in [0.25, 0.3) is 0 Å². The Morgan fingerprint density at radius 3 is 2.55 bits per heavy atom. The van der Waals surface area contributed by atoms with Crippen LogP contribution in [0.4, 0.5) is 4.79 Å². The molecule has 0 saturated carbocycles. The number of halogens is 2. The summed E-state index contributed by atoms with van der Waals surface area (Å²) in [6.45, 7) is 2.21. The van der Waals surface area contributed by atoms with Gasteiger partial charge in [-0.25, -0.2) is 4.79 Å². The van der Waals surface area contributed by atoms with E-state index >= 15 is 0 Å². The van der Waals surface area contributed by atoms with Gasteiger partial charge in [0.15, 0.2) is 0 Å². The van der Waals surface area contributed by atoms with Crippen molar-refractivity contribution in [3.8, 4) is 0 Å². The van der Waals surface area contributed by atoms with Gasteiger partial charge in [0.2, 0.25) is 0 Å². The van der Waals surface area contributed by atoms with Crippen LogP contribution in [-0.2, 0) is 9.47 Å². The molecule has 0 aromatic heterocycles. The minimum absolute atomic E-state index is 0.0361. The zero-order valence-electron chi connectivity index (χ0n) is 6.18. The van der Waals surface area contributed by atoms with E-state index in [1.165, 1.54) is 0 Å². The fourth-order valence-corrected chi connectivity index (χ4v) is 0.484. The van der Waals surface area contributed by atoms with Gasteiger partial charge in [-0.3, -0.25) is 0 Å². The normalized spacial score (nSPS) is 9.82. The molecule has 0 aromatic rings. The first-order chi connectivity index (χ1) is 5.16. The molecule has 0 saturated heterocycles. The highest BCUT2D eigenvalue weighted by molar-refractivity contribution is 6.44. The van der Waals surface area contributed by atoms with Gasteiger partial charge >= 0.3 is 6.16 Å². The maximum atomic E-state index is 10.5. The van der Waals surface area contributed by atoms with Gasteiger partial charge in [0.1, 0.15) is 11.4 Å². The van der Waals surface area contributed by atoms with Gasteiger partial charge in [0, 0.05) is 0 Å². The predicted molar refractivity (Wildman–Crippen MR) is 43.1 cm³/mol. The van der Waals surface area contributed by atoms with E-state index in [4.69, 9.17) is 23.2 Å². The Bertz CT molecular complexity index is 116. The summed E-state index contributed by atoms with van der Waals surface area (Å²) in [5, 5.41) is 0. The fourth-order valence-electron chi connectivity index (χ4n) is 0.358. The summed E-state index contributed by atoms with van der Waals surface area (Å²) in [6.07, 6.45) is 0.0402. The molecule has 66 valence electrons. The maximum Gasteiger partial charge on any atom is 0.508 e. The second kappa shape index (κ2) is 6.55. The molecule has 0 aliphatic rings. The molecule has 0 aromatic carbocycles. The molecule has 0 N–H and O–H groups in total. The summed E-state index contributed by atoms with van der Waals surface area (Å²) in [7, 11) is 0. The van der Waals surface area contributed by atoms with Crippen molar-refractivity contribution in [2.24, 2.45) is 0 Å². The van der Waals surface area contributed by atoms with E-state index in [0.717, 1.165) is 6.42 Å². The van der Waals surface area contributed by atoms with Gasteiger partial charge in [-0.05, 0) is 6.42 Å². The smallest absolute Gasteiger partial charge is 0.434 e. The first kappa shape index (κ1) is 10.8. The molecule has 0 heterocycles. The monoisotopic (exact) mass is 200 g/mol. The van der Waals surface area contributed by atoms with E-state index in [2.05, 4.69) is 9.47 Å². The number of alkyl halides is 2. The Balaban J connectivity index is 3.23. The highest BCUT2D eigenvalue weighted by Gasteiger charge is 2.05. The van der Waals surface area contributed by atoms with Crippen LogP contribution in [0.1, 0.15) is 13.3 Å². The zero-order valence-corrected chi connectivity index (χ0v) is 7.69. The molecule has 0 aliphatic carbocycles. The Morgan fingerprint density at radius 1 is 1.45 bits per heavy atom. The second-order valence-corrected chi connectivity index (χ2v) is 3.08. The van der Waals surface area contributed by atoms with Crippen LogP contribution in [-0.4, -0.2) is 24.2 Å². The van der Waals surface area contributed by atoms with Gasteiger partial charge in [-0.15, -0.1) is 23.2 Å². The molecule has 5 heteroatoms. The molecular weight excluding hydrogens is 191 g/mol. The third-order valence-corrected chi connectivity index (χ3v) is 1.00. The number of ether oxygens (including phenoxy) is 2. The van der Waals surface area contributed by atoms with Crippen molar-refractivity contribution in [3.63, 3.8) is 0 Å². The van der Waals surface area contributed by atoms with Crippen molar-refractivity contribution in [3.05, 3.63) is 0 Å². The Kier molecular flexibility index (Phi) is 6.46. The molecule has 0 atom stereocenters. The van der Waals surface area contributed by atoms with Crippen LogP contribution < -0.4 is 0 Å². The van der Waals surface area contributed by atoms with Crippen LogP contribution in [0.5, 0.6) is 0 Å². The predicted octanol–water partition coefficient (Wildman–Crippen LogP) is 2.35. The molecule has 0 amide bonds. The van der Waals surface area contributed by atoms with Crippen molar-refractivity contribution in [1.29, 1.82) is 0 Å². The number of carbonyl (C=O) groups is 1. The largest absolute Gasteiger partial charge is 0.508 e. The summed E-state index contributed by atoms with van der Waals surface area (Å²) in [6, 6.07) is 0. The van der Waals surface area contributed by atoms with Crippen molar-refractivity contribution in [1.82, 2.24) is 0 Å². The van der Waals surface area contributed by atoms with E-state index in [-0.39, 0.29) is 6.61 Å². The molecule has 0 fully saturated rings. The molecule has 0 spiro atoms. The molecule has 0 rings (SSSR count). The zero-order chi connectivity index (χ0) is 8.69. The molecule has 0 unspecified atom stereocenters. The third kappa shape index (κ3) is 7.75. The van der Waals surface area contributed by atoms with Crippen LogP contribution in [0.25, 0.3) is 0 Å². The number of carbonyl (C=O) groups excluding carboxylic acids is 1. The first-order valence-corrected chi connectivity index (χ1v) is 4.11. The van der Waals surface area contributed by atoms with Crippen LogP contribution in [0, 0.1) is 0 Å². The van der Waals surface area contributed by atoms with Crippen molar-refractivity contribution in [2.45, 2.75) is 18.2 Å². The standard InChI is InChI=1S/C6H10Cl2O3/c1-2-3-10-6(9)11-4-5(7)8/h5H,2-4H2,1H3. The Labute approximate surface area is 75.6 Å². The molecule has 11 heavy (non-hydrogen) atoms. The van der Waals surface area contributed by atoms with Crippen LogP contribution in [0.15, 0.2) is 0 Å². The van der Waals surface area contributed by atoms with Crippen molar-refractivity contribution in [2.75, 3.05) is 13.2 Å². The molecular formula is C6H10Cl2O3. The van der Waals surface area contributed by atoms with E-state index in [1.54, 1.807) is 0 Å². The Hall–Kier alpha value is -0.150. The SMILES string of the molecule is CCCOC(=O)OCC(Cl)Cl. The lowest BCUT2D eigenvalue weighted by atomic mass is 10.5. The van der Waals surface area contributed by atoms with Gasteiger partial charge in [-0.2, -0.15) is 0 Å². The quantitative estimate of drug-likeness (QED) is 0.517. The lowest BCUT2D eigenvalue weighted by Gasteiger charge is -2.04. The molecule has 0 radical (unpaired) electrons. The van der Waals surface area contributed by atoms with Gasteiger partial charge in [-0.1, -0.05) is 6.92 Å². The summed E-state index contributed by atoms with van der Waals surface area (Å²) >= 11 is 10.6. The Morgan fingerprint density at radius 2 is 2.09 bits per heavy atom. The molecule has 3 nitrogen and oxygen atoms in total. The molecule has 0 bridgehead atoms. The average Bonchev–Trinajstić information content (AvgIpc) is 1.97. The average molecular weight is 201 g/mol. The first-order valence-electron chi connectivity index (χ1n) is 3.24. The maximum absolute atomic E-state index is 10.5. The number of rotatable bonds is 4. The van der Waals surface area contributed by atoms with E-state index in [9.17, 15) is 4.79 Å². The summed E-state index contributed by atoms with van der Waals surface area (Å²) in [5.41, 5.74) is 0. The number of hydrogen-bond donors (Lipinski definition) is 0.